The molecular weight excluding hydrogens is 266 g/mol. The van der Waals surface area contributed by atoms with Crippen LogP contribution in [0.1, 0.15) is 24.8 Å². The summed E-state index contributed by atoms with van der Waals surface area (Å²) in [5.74, 6) is -0.342. The monoisotopic (exact) mass is 281 g/mol. The minimum atomic E-state index is -0.800. The normalized spacial score (nSPS) is 30.5. The average Bonchev–Trinajstić information content (AvgIpc) is 3.11. The summed E-state index contributed by atoms with van der Waals surface area (Å²) in [4.78, 5) is 15.8. The van der Waals surface area contributed by atoms with Crippen molar-refractivity contribution in [2.24, 2.45) is 11.3 Å². The maximum absolute atomic E-state index is 11.8. The zero-order valence-corrected chi connectivity index (χ0v) is 11.3. The van der Waals surface area contributed by atoms with Gasteiger partial charge in [0.25, 0.3) is 0 Å². The van der Waals surface area contributed by atoms with E-state index >= 15 is 0 Å². The van der Waals surface area contributed by atoms with Crippen molar-refractivity contribution in [1.29, 1.82) is 0 Å². The van der Waals surface area contributed by atoms with Crippen molar-refractivity contribution in [2.75, 3.05) is 6.61 Å². The van der Waals surface area contributed by atoms with E-state index in [9.17, 15) is 9.90 Å². The van der Waals surface area contributed by atoms with E-state index < -0.39 is 11.4 Å². The fraction of sp³-hybridized carbons (Fsp3) is 0.571. The molecule has 0 amide bonds. The van der Waals surface area contributed by atoms with Gasteiger partial charge in [0.1, 0.15) is 10.6 Å². The molecule has 2 unspecified atom stereocenters. The summed E-state index contributed by atoms with van der Waals surface area (Å²) in [6.45, 7) is 0.534. The predicted octanol–water partition coefficient (Wildman–Crippen LogP) is 2.55. The number of nitrogens with zero attached hydrogens (tertiary/aromatic N) is 1. The molecule has 0 spiro atoms. The second-order valence-electron chi connectivity index (χ2n) is 5.50. The molecule has 2 atom stereocenters. The van der Waals surface area contributed by atoms with Crippen LogP contribution in [0.2, 0.25) is 5.15 Å². The number of aromatic nitrogens is 1. The predicted molar refractivity (Wildman–Crippen MR) is 70.1 cm³/mol. The number of carboxylic acid groups (broad SMARTS) is 1. The average molecular weight is 282 g/mol. The van der Waals surface area contributed by atoms with Gasteiger partial charge in [0.15, 0.2) is 0 Å². The highest BCUT2D eigenvalue weighted by atomic mass is 35.5. The van der Waals surface area contributed by atoms with Crippen LogP contribution in [0.4, 0.5) is 0 Å². The second kappa shape index (κ2) is 4.76. The first kappa shape index (κ1) is 12.9. The maximum atomic E-state index is 11.8. The molecule has 2 fully saturated rings. The Balaban J connectivity index is 1.90. The van der Waals surface area contributed by atoms with Crippen molar-refractivity contribution >= 4 is 17.6 Å². The van der Waals surface area contributed by atoms with Gasteiger partial charge in [0.2, 0.25) is 0 Å². The SMILES string of the molecule is O=C(O)C1(Cc2ccnc(Cl)c2)CCOC1C1CC1. The molecule has 0 radical (unpaired) electrons. The third-order valence-electron chi connectivity index (χ3n) is 4.18. The summed E-state index contributed by atoms with van der Waals surface area (Å²) in [5, 5.41) is 10.1. The Morgan fingerprint density at radius 2 is 2.37 bits per heavy atom. The molecule has 1 aliphatic heterocycles. The third kappa shape index (κ3) is 2.35. The van der Waals surface area contributed by atoms with E-state index in [2.05, 4.69) is 4.98 Å². The number of hydrogen-bond acceptors (Lipinski definition) is 3. The molecule has 19 heavy (non-hydrogen) atoms. The van der Waals surface area contributed by atoms with Gasteiger partial charge >= 0.3 is 5.97 Å². The van der Waals surface area contributed by atoms with Crippen LogP contribution in [-0.4, -0.2) is 28.8 Å². The van der Waals surface area contributed by atoms with Crippen LogP contribution in [0.25, 0.3) is 0 Å². The lowest BCUT2D eigenvalue weighted by Crippen LogP contribution is -2.42. The first-order chi connectivity index (χ1) is 9.12. The highest BCUT2D eigenvalue weighted by Crippen LogP contribution is 2.49. The smallest absolute Gasteiger partial charge is 0.312 e. The third-order valence-corrected chi connectivity index (χ3v) is 4.38. The minimum absolute atomic E-state index is 0.156. The van der Waals surface area contributed by atoms with Crippen molar-refractivity contribution in [3.63, 3.8) is 0 Å². The Morgan fingerprint density at radius 1 is 1.58 bits per heavy atom. The second-order valence-corrected chi connectivity index (χ2v) is 5.89. The molecule has 1 aromatic rings. The molecule has 0 aromatic carbocycles. The highest BCUT2D eigenvalue weighted by Gasteiger charge is 2.55. The van der Waals surface area contributed by atoms with Gasteiger partial charge in [0.05, 0.1) is 6.10 Å². The summed E-state index contributed by atoms with van der Waals surface area (Å²) < 4.78 is 5.73. The van der Waals surface area contributed by atoms with Gasteiger partial charge in [-0.1, -0.05) is 11.6 Å². The van der Waals surface area contributed by atoms with Gasteiger partial charge in [-0.05, 0) is 49.3 Å². The van der Waals surface area contributed by atoms with Crippen molar-refractivity contribution in [1.82, 2.24) is 4.98 Å². The van der Waals surface area contributed by atoms with E-state index in [1.807, 2.05) is 6.07 Å². The van der Waals surface area contributed by atoms with Crippen molar-refractivity contribution in [2.45, 2.75) is 31.8 Å². The van der Waals surface area contributed by atoms with E-state index in [1.54, 1.807) is 12.3 Å². The maximum Gasteiger partial charge on any atom is 0.312 e. The highest BCUT2D eigenvalue weighted by molar-refractivity contribution is 6.29. The molecule has 4 nitrogen and oxygen atoms in total. The van der Waals surface area contributed by atoms with Gasteiger partial charge in [-0.2, -0.15) is 0 Å². The van der Waals surface area contributed by atoms with E-state index in [1.165, 1.54) is 0 Å². The summed E-state index contributed by atoms with van der Waals surface area (Å²) >= 11 is 5.88. The number of halogens is 1. The minimum Gasteiger partial charge on any atom is -0.481 e. The van der Waals surface area contributed by atoms with Crippen LogP contribution >= 0.6 is 11.6 Å². The van der Waals surface area contributed by atoms with Crippen LogP contribution in [0.3, 0.4) is 0 Å². The zero-order chi connectivity index (χ0) is 13.5. The van der Waals surface area contributed by atoms with E-state index in [0.717, 1.165) is 18.4 Å². The van der Waals surface area contributed by atoms with Gasteiger partial charge in [0, 0.05) is 12.8 Å². The Kier molecular flexibility index (Phi) is 3.23. The molecule has 3 rings (SSSR count). The van der Waals surface area contributed by atoms with Gasteiger partial charge < -0.3 is 9.84 Å². The fourth-order valence-electron chi connectivity index (χ4n) is 3.07. The Morgan fingerprint density at radius 3 is 3.00 bits per heavy atom. The van der Waals surface area contributed by atoms with Gasteiger partial charge in [-0.15, -0.1) is 0 Å². The number of carboxylic acids is 1. The van der Waals surface area contributed by atoms with E-state index in [-0.39, 0.29) is 6.10 Å². The molecule has 0 bridgehead atoms. The molecule has 1 N–H and O–H groups in total. The quantitative estimate of drug-likeness (QED) is 0.862. The molecule has 1 aliphatic carbocycles. The standard InChI is InChI=1S/C14H16ClNO3/c15-11-7-9(3-5-16-11)8-14(13(17)18)4-6-19-12(14)10-1-2-10/h3,5,7,10,12H,1-2,4,6,8H2,(H,17,18). The molecule has 1 saturated heterocycles. The largest absolute Gasteiger partial charge is 0.481 e. The van der Waals surface area contributed by atoms with Gasteiger partial charge in [-0.3, -0.25) is 4.79 Å². The number of aliphatic carboxylic acids is 1. The summed E-state index contributed by atoms with van der Waals surface area (Å²) in [6.07, 6.45) is 4.66. The van der Waals surface area contributed by atoms with Crippen LogP contribution in [-0.2, 0) is 16.0 Å². The topological polar surface area (TPSA) is 59.4 Å². The molecule has 102 valence electrons. The molecule has 2 aliphatic rings. The molecule has 5 heteroatoms. The first-order valence-electron chi connectivity index (χ1n) is 6.57. The lowest BCUT2D eigenvalue weighted by molar-refractivity contribution is -0.153. The lowest BCUT2D eigenvalue weighted by atomic mass is 9.74. The molecular formula is C14H16ClNO3. The molecule has 1 aromatic heterocycles. The number of rotatable bonds is 4. The van der Waals surface area contributed by atoms with E-state index in [4.69, 9.17) is 16.3 Å². The lowest BCUT2D eigenvalue weighted by Gasteiger charge is -2.30. The Bertz CT molecular complexity index is 503. The zero-order valence-electron chi connectivity index (χ0n) is 10.5. The summed E-state index contributed by atoms with van der Waals surface area (Å²) in [7, 11) is 0. The van der Waals surface area contributed by atoms with Crippen LogP contribution in [0.15, 0.2) is 18.3 Å². The fourth-order valence-corrected chi connectivity index (χ4v) is 3.26. The molecule has 1 saturated carbocycles. The number of pyridine rings is 1. The van der Waals surface area contributed by atoms with Crippen LogP contribution in [0, 0.1) is 11.3 Å². The van der Waals surface area contributed by atoms with Crippen molar-refractivity contribution in [3.8, 4) is 0 Å². The van der Waals surface area contributed by atoms with Crippen molar-refractivity contribution < 1.29 is 14.6 Å². The molecule has 2 heterocycles. The Labute approximate surface area is 116 Å². The van der Waals surface area contributed by atoms with Gasteiger partial charge in [-0.25, -0.2) is 4.98 Å². The van der Waals surface area contributed by atoms with Crippen LogP contribution < -0.4 is 0 Å². The van der Waals surface area contributed by atoms with E-state index in [0.29, 0.717) is 30.5 Å². The van der Waals surface area contributed by atoms with Crippen LogP contribution in [0.5, 0.6) is 0 Å². The summed E-state index contributed by atoms with van der Waals surface area (Å²) in [5.41, 5.74) is 0.116. The Hall–Kier alpha value is -1.13. The number of carbonyl (C=O) groups is 1. The first-order valence-corrected chi connectivity index (χ1v) is 6.95. The number of ether oxygens (including phenoxy) is 1. The van der Waals surface area contributed by atoms with Crippen molar-refractivity contribution in [3.05, 3.63) is 29.0 Å². The number of hydrogen-bond donors (Lipinski definition) is 1. The summed E-state index contributed by atoms with van der Waals surface area (Å²) in [6, 6.07) is 3.58.